The maximum atomic E-state index is 12.3. The van der Waals surface area contributed by atoms with E-state index in [1.165, 1.54) is 4.57 Å². The zero-order chi connectivity index (χ0) is 18.0. The number of hydrogen-bond donors (Lipinski definition) is 2. The first-order valence-electron chi connectivity index (χ1n) is 7.86. The van der Waals surface area contributed by atoms with Gasteiger partial charge in [0.15, 0.2) is 11.2 Å². The Balaban J connectivity index is 2.06. The summed E-state index contributed by atoms with van der Waals surface area (Å²) in [5.74, 6) is 0.674. The summed E-state index contributed by atoms with van der Waals surface area (Å²) in [4.78, 5) is 34.8. The molecule has 3 heterocycles. The molecule has 3 aromatic rings. The van der Waals surface area contributed by atoms with Gasteiger partial charge >= 0.3 is 5.69 Å². The summed E-state index contributed by atoms with van der Waals surface area (Å²) in [6.45, 7) is 4.62. The van der Waals surface area contributed by atoms with Crippen LogP contribution in [0.5, 0.6) is 0 Å². The third-order valence-corrected chi connectivity index (χ3v) is 3.62. The average Bonchev–Trinajstić information content (AvgIpc) is 2.92. The predicted octanol–water partition coefficient (Wildman–Crippen LogP) is 0.920. The van der Waals surface area contributed by atoms with Gasteiger partial charge in [-0.2, -0.15) is 10.1 Å². The van der Waals surface area contributed by atoms with Crippen molar-refractivity contribution in [2.45, 2.75) is 20.4 Å². The summed E-state index contributed by atoms with van der Waals surface area (Å²) in [7, 11) is 1.57. The Morgan fingerprint density at radius 1 is 1.40 bits per heavy atom. The highest BCUT2D eigenvalue weighted by Gasteiger charge is 2.17. The number of aromatic nitrogens is 5. The van der Waals surface area contributed by atoms with Gasteiger partial charge in [-0.25, -0.2) is 10.2 Å². The van der Waals surface area contributed by atoms with Gasteiger partial charge in [-0.05, 0) is 12.0 Å². The number of anilines is 1. The first-order valence-corrected chi connectivity index (χ1v) is 7.86. The SMILES string of the molecule is CC(C)Cn1c(NN=Cc2cccnc2)nc2c1c(=O)[nH]c(=O)n2C. The zero-order valence-electron chi connectivity index (χ0n) is 14.2. The van der Waals surface area contributed by atoms with Crippen LogP contribution in [0.1, 0.15) is 19.4 Å². The van der Waals surface area contributed by atoms with Gasteiger partial charge in [-0.15, -0.1) is 0 Å². The summed E-state index contributed by atoms with van der Waals surface area (Å²) in [5, 5.41) is 4.16. The largest absolute Gasteiger partial charge is 0.329 e. The van der Waals surface area contributed by atoms with E-state index in [4.69, 9.17) is 0 Å². The molecular weight excluding hydrogens is 322 g/mol. The number of rotatable bonds is 5. The lowest BCUT2D eigenvalue weighted by Crippen LogP contribution is -2.29. The van der Waals surface area contributed by atoms with E-state index in [0.717, 1.165) is 5.56 Å². The Morgan fingerprint density at radius 2 is 2.20 bits per heavy atom. The lowest BCUT2D eigenvalue weighted by atomic mass is 10.2. The van der Waals surface area contributed by atoms with Gasteiger partial charge in [0, 0.05) is 31.5 Å². The van der Waals surface area contributed by atoms with Crippen molar-refractivity contribution in [2.24, 2.45) is 18.1 Å². The quantitative estimate of drug-likeness (QED) is 0.530. The van der Waals surface area contributed by atoms with Gasteiger partial charge in [-0.3, -0.25) is 19.3 Å². The standard InChI is InChI=1S/C16H19N7O2/c1-10(2)9-23-12-13(22(3)16(25)20-14(12)24)19-15(23)21-18-8-11-5-4-6-17-7-11/h4-8,10H,9H2,1-3H3,(H,19,21)(H,20,24,25). The second-order valence-electron chi connectivity index (χ2n) is 6.09. The normalized spacial score (nSPS) is 11.7. The van der Waals surface area contributed by atoms with Crippen LogP contribution in [0.25, 0.3) is 11.2 Å². The Morgan fingerprint density at radius 3 is 2.88 bits per heavy atom. The summed E-state index contributed by atoms with van der Waals surface area (Å²) in [6.07, 6.45) is 4.96. The molecule has 9 nitrogen and oxygen atoms in total. The zero-order valence-corrected chi connectivity index (χ0v) is 14.2. The summed E-state index contributed by atoms with van der Waals surface area (Å²) < 4.78 is 3.04. The average molecular weight is 341 g/mol. The van der Waals surface area contributed by atoms with Crippen molar-refractivity contribution in [1.29, 1.82) is 0 Å². The molecule has 0 aliphatic rings. The van der Waals surface area contributed by atoms with Gasteiger partial charge in [0.25, 0.3) is 5.56 Å². The fourth-order valence-corrected chi connectivity index (χ4v) is 2.48. The predicted molar refractivity (Wildman–Crippen MR) is 95.9 cm³/mol. The van der Waals surface area contributed by atoms with Crippen LogP contribution in [0.2, 0.25) is 0 Å². The Labute approximate surface area is 143 Å². The van der Waals surface area contributed by atoms with Crippen molar-refractivity contribution < 1.29 is 0 Å². The van der Waals surface area contributed by atoms with E-state index >= 15 is 0 Å². The third kappa shape index (κ3) is 3.35. The van der Waals surface area contributed by atoms with E-state index in [1.807, 2.05) is 26.0 Å². The fourth-order valence-electron chi connectivity index (χ4n) is 2.48. The number of aryl methyl sites for hydroxylation is 1. The molecule has 0 atom stereocenters. The van der Waals surface area contributed by atoms with Gasteiger partial charge in [0.2, 0.25) is 5.95 Å². The summed E-state index contributed by atoms with van der Waals surface area (Å²) in [5.41, 5.74) is 3.37. The molecule has 0 aliphatic carbocycles. The molecule has 0 radical (unpaired) electrons. The molecule has 0 bridgehead atoms. The maximum Gasteiger partial charge on any atom is 0.329 e. The van der Waals surface area contributed by atoms with Crippen molar-refractivity contribution in [3.8, 4) is 0 Å². The van der Waals surface area contributed by atoms with Crippen LogP contribution in [0.3, 0.4) is 0 Å². The number of hydrazone groups is 1. The van der Waals surface area contributed by atoms with Crippen molar-refractivity contribution in [3.63, 3.8) is 0 Å². The van der Waals surface area contributed by atoms with Crippen LogP contribution in [0.4, 0.5) is 5.95 Å². The second-order valence-corrected chi connectivity index (χ2v) is 6.09. The van der Waals surface area contributed by atoms with Crippen LogP contribution < -0.4 is 16.7 Å². The highest BCUT2D eigenvalue weighted by Crippen LogP contribution is 2.17. The molecule has 0 aromatic carbocycles. The van der Waals surface area contributed by atoms with E-state index in [2.05, 4.69) is 25.5 Å². The Kier molecular flexibility index (Phi) is 4.46. The molecule has 0 saturated heterocycles. The maximum absolute atomic E-state index is 12.3. The summed E-state index contributed by atoms with van der Waals surface area (Å²) in [6, 6.07) is 3.67. The monoisotopic (exact) mass is 341 g/mol. The first-order chi connectivity index (χ1) is 12.0. The van der Waals surface area contributed by atoms with Crippen LogP contribution >= 0.6 is 0 Å². The fraction of sp³-hybridized carbons (Fsp3) is 0.312. The summed E-state index contributed by atoms with van der Waals surface area (Å²) >= 11 is 0. The lowest BCUT2D eigenvalue weighted by Gasteiger charge is -2.10. The molecule has 0 saturated carbocycles. The van der Waals surface area contributed by atoms with Gasteiger partial charge < -0.3 is 4.57 Å². The molecule has 130 valence electrons. The molecule has 0 unspecified atom stereocenters. The van der Waals surface area contributed by atoms with Crippen molar-refractivity contribution in [3.05, 3.63) is 50.9 Å². The topological polar surface area (TPSA) is 110 Å². The van der Waals surface area contributed by atoms with Gasteiger partial charge in [0.05, 0.1) is 6.21 Å². The minimum absolute atomic E-state index is 0.275. The molecule has 9 heteroatoms. The van der Waals surface area contributed by atoms with Crippen LogP contribution in [-0.2, 0) is 13.6 Å². The second kappa shape index (κ2) is 6.71. The lowest BCUT2D eigenvalue weighted by molar-refractivity contribution is 0.535. The van der Waals surface area contributed by atoms with E-state index < -0.39 is 11.2 Å². The number of H-pyrrole nitrogens is 1. The molecule has 3 aromatic heterocycles. The first kappa shape index (κ1) is 16.6. The number of hydrogen-bond acceptors (Lipinski definition) is 6. The number of aromatic amines is 1. The number of pyridine rings is 1. The Hall–Kier alpha value is -3.23. The van der Waals surface area contributed by atoms with Crippen molar-refractivity contribution >= 4 is 23.3 Å². The van der Waals surface area contributed by atoms with Gasteiger partial charge in [-0.1, -0.05) is 19.9 Å². The minimum atomic E-state index is -0.503. The molecule has 0 spiro atoms. The van der Waals surface area contributed by atoms with Crippen LogP contribution in [0.15, 0.2) is 39.2 Å². The van der Waals surface area contributed by atoms with Gasteiger partial charge in [0.1, 0.15) is 0 Å². The molecule has 0 aliphatic heterocycles. The minimum Gasteiger partial charge on any atom is -0.303 e. The number of nitrogens with one attached hydrogen (secondary N) is 2. The molecule has 2 N–H and O–H groups in total. The van der Waals surface area contributed by atoms with E-state index in [-0.39, 0.29) is 5.92 Å². The molecular formula is C16H19N7O2. The Bertz CT molecular complexity index is 1030. The van der Waals surface area contributed by atoms with Crippen molar-refractivity contribution in [2.75, 3.05) is 5.43 Å². The number of imidazole rings is 1. The van der Waals surface area contributed by atoms with E-state index in [0.29, 0.717) is 23.7 Å². The van der Waals surface area contributed by atoms with Crippen LogP contribution in [-0.4, -0.2) is 30.3 Å². The van der Waals surface area contributed by atoms with E-state index in [1.54, 1.807) is 30.2 Å². The molecule has 0 amide bonds. The van der Waals surface area contributed by atoms with Crippen molar-refractivity contribution in [1.82, 2.24) is 24.1 Å². The number of nitrogens with zero attached hydrogens (tertiary/aromatic N) is 5. The third-order valence-electron chi connectivity index (χ3n) is 3.62. The molecule has 3 rings (SSSR count). The highest BCUT2D eigenvalue weighted by molar-refractivity contribution is 5.80. The highest BCUT2D eigenvalue weighted by atomic mass is 16.2. The molecule has 25 heavy (non-hydrogen) atoms. The van der Waals surface area contributed by atoms with E-state index in [9.17, 15) is 9.59 Å². The van der Waals surface area contributed by atoms with Crippen LogP contribution in [0, 0.1) is 5.92 Å². The smallest absolute Gasteiger partial charge is 0.303 e. The molecule has 0 fully saturated rings. The number of fused-ring (bicyclic) bond motifs is 1.